The van der Waals surface area contributed by atoms with Crippen LogP contribution in [0.5, 0.6) is 0 Å². The van der Waals surface area contributed by atoms with Gasteiger partial charge in [0.05, 0.1) is 5.69 Å². The molecule has 19 heavy (non-hydrogen) atoms. The third kappa shape index (κ3) is 2.40. The van der Waals surface area contributed by atoms with Crippen LogP contribution in [-0.4, -0.2) is 32.7 Å². The highest BCUT2D eigenvalue weighted by Gasteiger charge is 2.24. The maximum Gasteiger partial charge on any atom is 0.349 e. The molecule has 0 saturated carbocycles. The number of aromatic amines is 1. The Morgan fingerprint density at radius 2 is 2.05 bits per heavy atom. The van der Waals surface area contributed by atoms with Crippen molar-refractivity contribution < 1.29 is 0 Å². The molecule has 0 fully saturated rings. The number of rotatable bonds is 4. The van der Waals surface area contributed by atoms with Crippen LogP contribution in [0.15, 0.2) is 10.9 Å². The SMILES string of the molecule is CNC(C)C(c1cc2n[nH]c(=O)n2c(C)n1)C(C)C. The molecule has 2 aromatic heterocycles. The molecule has 0 aliphatic heterocycles. The zero-order valence-corrected chi connectivity index (χ0v) is 12.1. The van der Waals surface area contributed by atoms with Gasteiger partial charge in [-0.25, -0.2) is 19.3 Å². The van der Waals surface area contributed by atoms with Crippen molar-refractivity contribution in [2.24, 2.45) is 5.92 Å². The molecule has 2 unspecified atom stereocenters. The molecular formula is C13H21N5O. The summed E-state index contributed by atoms with van der Waals surface area (Å²) in [5.74, 6) is 1.39. The first-order valence-corrected chi connectivity index (χ1v) is 6.57. The lowest BCUT2D eigenvalue weighted by molar-refractivity contribution is 0.387. The molecule has 0 aliphatic carbocycles. The molecular weight excluding hydrogens is 242 g/mol. The maximum atomic E-state index is 11.6. The van der Waals surface area contributed by atoms with E-state index >= 15 is 0 Å². The first-order chi connectivity index (χ1) is 8.95. The number of hydrogen-bond acceptors (Lipinski definition) is 4. The molecule has 6 heteroatoms. The van der Waals surface area contributed by atoms with E-state index in [0.717, 1.165) is 5.69 Å². The van der Waals surface area contributed by atoms with Gasteiger partial charge in [0.25, 0.3) is 0 Å². The van der Waals surface area contributed by atoms with Crippen molar-refractivity contribution in [2.45, 2.75) is 39.7 Å². The van der Waals surface area contributed by atoms with Crippen molar-refractivity contribution in [3.63, 3.8) is 0 Å². The van der Waals surface area contributed by atoms with E-state index in [4.69, 9.17) is 0 Å². The minimum atomic E-state index is -0.241. The second kappa shape index (κ2) is 5.13. The van der Waals surface area contributed by atoms with Gasteiger partial charge in [0.2, 0.25) is 0 Å². The van der Waals surface area contributed by atoms with Crippen molar-refractivity contribution >= 4 is 5.65 Å². The van der Waals surface area contributed by atoms with Crippen LogP contribution in [0.3, 0.4) is 0 Å². The van der Waals surface area contributed by atoms with Gasteiger partial charge in [0.1, 0.15) is 5.82 Å². The zero-order chi connectivity index (χ0) is 14.2. The number of hydrogen-bond donors (Lipinski definition) is 2. The summed E-state index contributed by atoms with van der Waals surface area (Å²) < 4.78 is 1.49. The highest BCUT2D eigenvalue weighted by atomic mass is 16.1. The third-order valence-corrected chi connectivity index (χ3v) is 3.64. The van der Waals surface area contributed by atoms with Crippen LogP contribution in [0.2, 0.25) is 0 Å². The summed E-state index contributed by atoms with van der Waals surface area (Å²) in [7, 11) is 1.95. The van der Waals surface area contributed by atoms with Gasteiger partial charge in [-0.15, -0.1) is 0 Å². The normalized spacial score (nSPS) is 15.1. The van der Waals surface area contributed by atoms with Gasteiger partial charge in [-0.3, -0.25) is 0 Å². The van der Waals surface area contributed by atoms with Gasteiger partial charge < -0.3 is 5.32 Å². The highest BCUT2D eigenvalue weighted by Crippen LogP contribution is 2.27. The number of aromatic nitrogens is 4. The number of nitrogens with zero attached hydrogens (tertiary/aromatic N) is 3. The van der Waals surface area contributed by atoms with Gasteiger partial charge in [0.15, 0.2) is 5.65 Å². The minimum absolute atomic E-state index is 0.241. The molecule has 2 aromatic rings. The number of likely N-dealkylation sites (N-methyl/N-ethyl adjacent to an activating group) is 1. The van der Waals surface area contributed by atoms with E-state index in [1.807, 2.05) is 20.0 Å². The average molecular weight is 263 g/mol. The number of aryl methyl sites for hydroxylation is 1. The quantitative estimate of drug-likeness (QED) is 0.865. The molecule has 2 heterocycles. The van der Waals surface area contributed by atoms with E-state index < -0.39 is 0 Å². The highest BCUT2D eigenvalue weighted by molar-refractivity contribution is 5.39. The van der Waals surface area contributed by atoms with Crippen LogP contribution in [0.4, 0.5) is 0 Å². The Balaban J connectivity index is 2.58. The standard InChI is InChI=1S/C13H21N5O/c1-7(2)12(8(3)14-5)10-6-11-16-17-13(19)18(11)9(4)15-10/h6-8,12,14H,1-5H3,(H,17,19). The molecule has 0 spiro atoms. The van der Waals surface area contributed by atoms with Crippen LogP contribution in [0.1, 0.15) is 38.2 Å². The van der Waals surface area contributed by atoms with Crippen LogP contribution < -0.4 is 11.0 Å². The predicted molar refractivity (Wildman–Crippen MR) is 74.4 cm³/mol. The third-order valence-electron chi connectivity index (χ3n) is 3.64. The Kier molecular flexibility index (Phi) is 3.71. The molecule has 0 saturated heterocycles. The van der Waals surface area contributed by atoms with Crippen molar-refractivity contribution in [1.82, 2.24) is 24.9 Å². The van der Waals surface area contributed by atoms with Crippen molar-refractivity contribution in [2.75, 3.05) is 7.05 Å². The molecule has 0 bridgehead atoms. The van der Waals surface area contributed by atoms with Crippen molar-refractivity contribution in [1.29, 1.82) is 0 Å². The van der Waals surface area contributed by atoms with Gasteiger partial charge in [-0.2, -0.15) is 5.10 Å². The summed E-state index contributed by atoms with van der Waals surface area (Å²) >= 11 is 0. The number of nitrogens with one attached hydrogen (secondary N) is 2. The Labute approximate surface area is 112 Å². The van der Waals surface area contributed by atoms with Crippen LogP contribution >= 0.6 is 0 Å². The van der Waals surface area contributed by atoms with Crippen LogP contribution in [0, 0.1) is 12.8 Å². The molecule has 0 amide bonds. The molecule has 0 aliphatic rings. The maximum absolute atomic E-state index is 11.6. The topological polar surface area (TPSA) is 75.1 Å². The monoisotopic (exact) mass is 263 g/mol. The van der Waals surface area contributed by atoms with Crippen LogP contribution in [0.25, 0.3) is 5.65 Å². The smallest absolute Gasteiger partial charge is 0.317 e. The molecule has 0 radical (unpaired) electrons. The van der Waals surface area contributed by atoms with Gasteiger partial charge in [-0.1, -0.05) is 13.8 Å². The lowest BCUT2D eigenvalue weighted by atomic mass is 9.86. The Morgan fingerprint density at radius 3 is 2.63 bits per heavy atom. The average Bonchev–Trinajstić information content (AvgIpc) is 2.71. The Morgan fingerprint density at radius 1 is 1.37 bits per heavy atom. The fraction of sp³-hybridized carbons (Fsp3) is 0.615. The second-order valence-corrected chi connectivity index (χ2v) is 5.30. The first kappa shape index (κ1) is 13.7. The molecule has 2 atom stereocenters. The summed E-state index contributed by atoms with van der Waals surface area (Å²) in [6.45, 7) is 8.32. The summed E-state index contributed by atoms with van der Waals surface area (Å²) in [6.07, 6.45) is 0. The number of H-pyrrole nitrogens is 1. The summed E-state index contributed by atoms with van der Waals surface area (Å²) in [5, 5.41) is 9.77. The molecule has 2 rings (SSSR count). The van der Waals surface area contributed by atoms with Crippen molar-refractivity contribution in [3.05, 3.63) is 28.1 Å². The number of fused-ring (bicyclic) bond motifs is 1. The Bertz CT molecular complexity index is 627. The largest absolute Gasteiger partial charge is 0.349 e. The van der Waals surface area contributed by atoms with Gasteiger partial charge in [-0.05, 0) is 26.8 Å². The van der Waals surface area contributed by atoms with E-state index in [1.165, 1.54) is 4.40 Å². The summed E-state index contributed by atoms with van der Waals surface area (Å²) in [5.41, 5.74) is 1.36. The van der Waals surface area contributed by atoms with E-state index in [9.17, 15) is 4.79 Å². The summed E-state index contributed by atoms with van der Waals surface area (Å²) in [6, 6.07) is 2.20. The van der Waals surface area contributed by atoms with Crippen LogP contribution in [-0.2, 0) is 0 Å². The minimum Gasteiger partial charge on any atom is -0.317 e. The second-order valence-electron chi connectivity index (χ2n) is 5.30. The summed E-state index contributed by atoms with van der Waals surface area (Å²) in [4.78, 5) is 16.2. The van der Waals surface area contributed by atoms with Gasteiger partial charge >= 0.3 is 5.69 Å². The first-order valence-electron chi connectivity index (χ1n) is 6.57. The van der Waals surface area contributed by atoms with E-state index in [1.54, 1.807) is 0 Å². The van der Waals surface area contributed by atoms with Gasteiger partial charge in [0, 0.05) is 18.0 Å². The molecule has 0 aromatic carbocycles. The molecule has 104 valence electrons. The lowest BCUT2D eigenvalue weighted by Crippen LogP contribution is -2.33. The predicted octanol–water partition coefficient (Wildman–Crippen LogP) is 1.07. The van der Waals surface area contributed by atoms with Crippen molar-refractivity contribution in [3.8, 4) is 0 Å². The fourth-order valence-electron chi connectivity index (χ4n) is 2.65. The Hall–Kier alpha value is -1.69. The van der Waals surface area contributed by atoms with E-state index in [0.29, 0.717) is 23.4 Å². The zero-order valence-electron chi connectivity index (χ0n) is 12.1. The fourth-order valence-corrected chi connectivity index (χ4v) is 2.65. The molecule has 2 N–H and O–H groups in total. The molecule has 6 nitrogen and oxygen atoms in total. The van der Waals surface area contributed by atoms with E-state index in [-0.39, 0.29) is 11.6 Å². The van der Waals surface area contributed by atoms with E-state index in [2.05, 4.69) is 41.3 Å². The lowest BCUT2D eigenvalue weighted by Gasteiger charge is -2.27.